The maximum Gasteiger partial charge on any atom is 0.191 e. The highest BCUT2D eigenvalue weighted by atomic mass is 32.1. The predicted molar refractivity (Wildman–Crippen MR) is 118 cm³/mol. The third-order valence-electron chi connectivity index (χ3n) is 5.17. The minimum absolute atomic E-state index is 0.676. The van der Waals surface area contributed by atoms with Crippen LogP contribution in [0.4, 0.5) is 0 Å². The second kappa shape index (κ2) is 11.1. The first kappa shape index (κ1) is 20.7. The number of ether oxygens (including phenoxy) is 1. The summed E-state index contributed by atoms with van der Waals surface area (Å²) in [4.78, 5) is 8.41. The average Bonchev–Trinajstić information content (AvgIpc) is 3.23. The minimum Gasteiger partial charge on any atom is -0.494 e. The second-order valence-electron chi connectivity index (χ2n) is 7.15. The van der Waals surface area contributed by atoms with Crippen LogP contribution in [0.25, 0.3) is 0 Å². The van der Waals surface area contributed by atoms with Crippen LogP contribution in [0.5, 0.6) is 5.75 Å². The van der Waals surface area contributed by atoms with Crippen molar-refractivity contribution in [3.63, 3.8) is 0 Å². The quantitative estimate of drug-likeness (QED) is 0.524. The molecule has 3 rings (SSSR count). The highest BCUT2D eigenvalue weighted by Crippen LogP contribution is 2.20. The number of piperidine rings is 1. The largest absolute Gasteiger partial charge is 0.494 e. The van der Waals surface area contributed by atoms with Crippen LogP contribution in [-0.2, 0) is 13.1 Å². The molecule has 1 aromatic carbocycles. The Morgan fingerprint density at radius 3 is 2.71 bits per heavy atom. The van der Waals surface area contributed by atoms with E-state index in [1.807, 2.05) is 43.5 Å². The fourth-order valence-corrected chi connectivity index (χ4v) is 4.30. The van der Waals surface area contributed by atoms with Gasteiger partial charge in [0.25, 0.3) is 0 Å². The van der Waals surface area contributed by atoms with Crippen molar-refractivity contribution in [2.45, 2.75) is 32.9 Å². The number of thiophene rings is 1. The van der Waals surface area contributed by atoms with Crippen molar-refractivity contribution in [1.29, 1.82) is 0 Å². The monoisotopic (exact) mass is 400 g/mol. The van der Waals surface area contributed by atoms with Crippen LogP contribution in [0, 0.1) is 5.92 Å². The molecule has 0 unspecified atom stereocenters. The molecule has 1 aliphatic rings. The molecule has 0 radical (unpaired) electrons. The van der Waals surface area contributed by atoms with E-state index in [-0.39, 0.29) is 0 Å². The number of hydrogen-bond donors (Lipinski definition) is 2. The molecular formula is C22H32N4OS. The van der Waals surface area contributed by atoms with E-state index in [9.17, 15) is 0 Å². The molecule has 2 N–H and O–H groups in total. The predicted octanol–water partition coefficient (Wildman–Crippen LogP) is 3.72. The zero-order chi connectivity index (χ0) is 19.6. The average molecular weight is 401 g/mol. The van der Waals surface area contributed by atoms with Gasteiger partial charge in [-0.15, -0.1) is 11.3 Å². The van der Waals surface area contributed by atoms with Crippen molar-refractivity contribution in [3.8, 4) is 5.75 Å². The van der Waals surface area contributed by atoms with Crippen molar-refractivity contribution in [3.05, 3.63) is 52.2 Å². The Kier molecular flexibility index (Phi) is 8.18. The topological polar surface area (TPSA) is 48.9 Å². The van der Waals surface area contributed by atoms with Gasteiger partial charge in [0.15, 0.2) is 5.96 Å². The lowest BCUT2D eigenvalue weighted by Crippen LogP contribution is -2.42. The Balaban J connectivity index is 1.39. The number of nitrogens with zero attached hydrogens (tertiary/aromatic N) is 2. The summed E-state index contributed by atoms with van der Waals surface area (Å²) in [5, 5.41) is 9.08. The molecule has 28 heavy (non-hydrogen) atoms. The molecule has 0 amide bonds. The summed E-state index contributed by atoms with van der Waals surface area (Å²) < 4.78 is 5.70. The molecule has 5 nitrogen and oxygen atoms in total. The molecule has 1 saturated heterocycles. The summed E-state index contributed by atoms with van der Waals surface area (Å²) >= 11 is 1.86. The summed E-state index contributed by atoms with van der Waals surface area (Å²) in [6.45, 7) is 7.82. The molecule has 0 saturated carbocycles. The number of nitrogens with one attached hydrogen (secondary N) is 2. The van der Waals surface area contributed by atoms with E-state index in [4.69, 9.17) is 4.74 Å². The smallest absolute Gasteiger partial charge is 0.191 e. The zero-order valence-corrected chi connectivity index (χ0v) is 17.8. The van der Waals surface area contributed by atoms with Gasteiger partial charge in [0.1, 0.15) is 5.75 Å². The van der Waals surface area contributed by atoms with Crippen molar-refractivity contribution in [2.75, 3.05) is 33.3 Å². The molecule has 2 aromatic rings. The van der Waals surface area contributed by atoms with E-state index in [0.29, 0.717) is 19.1 Å². The Bertz CT molecular complexity index is 724. The van der Waals surface area contributed by atoms with Gasteiger partial charge in [-0.05, 0) is 56.3 Å². The number of benzene rings is 1. The highest BCUT2D eigenvalue weighted by molar-refractivity contribution is 7.09. The number of hydrogen-bond acceptors (Lipinski definition) is 4. The summed E-state index contributed by atoms with van der Waals surface area (Å²) in [7, 11) is 1.83. The van der Waals surface area contributed by atoms with Gasteiger partial charge in [-0.2, -0.15) is 0 Å². The summed E-state index contributed by atoms with van der Waals surface area (Å²) in [5.74, 6) is 2.49. The van der Waals surface area contributed by atoms with Crippen molar-refractivity contribution >= 4 is 17.3 Å². The van der Waals surface area contributed by atoms with Gasteiger partial charge in [0, 0.05) is 37.1 Å². The minimum atomic E-state index is 0.676. The van der Waals surface area contributed by atoms with Gasteiger partial charge in [-0.3, -0.25) is 9.89 Å². The third-order valence-corrected chi connectivity index (χ3v) is 6.03. The van der Waals surface area contributed by atoms with Gasteiger partial charge in [-0.25, -0.2) is 0 Å². The van der Waals surface area contributed by atoms with Crippen LogP contribution in [0.15, 0.2) is 46.8 Å². The van der Waals surface area contributed by atoms with Crippen LogP contribution in [0.1, 0.15) is 30.2 Å². The van der Waals surface area contributed by atoms with Crippen LogP contribution in [0.2, 0.25) is 0 Å². The van der Waals surface area contributed by atoms with Crippen LogP contribution in [-0.4, -0.2) is 44.1 Å². The molecule has 0 bridgehead atoms. The number of para-hydroxylation sites is 1. The van der Waals surface area contributed by atoms with E-state index in [0.717, 1.165) is 30.4 Å². The zero-order valence-electron chi connectivity index (χ0n) is 17.0. The van der Waals surface area contributed by atoms with Crippen LogP contribution < -0.4 is 15.4 Å². The summed E-state index contributed by atoms with van der Waals surface area (Å²) in [5.41, 5.74) is 1.15. The molecule has 1 aliphatic heterocycles. The molecule has 0 atom stereocenters. The van der Waals surface area contributed by atoms with Crippen molar-refractivity contribution in [2.24, 2.45) is 10.9 Å². The molecule has 0 aliphatic carbocycles. The van der Waals surface area contributed by atoms with E-state index in [1.54, 1.807) is 0 Å². The normalized spacial score (nSPS) is 16.1. The van der Waals surface area contributed by atoms with Crippen LogP contribution in [0.3, 0.4) is 0 Å². The van der Waals surface area contributed by atoms with E-state index < -0.39 is 0 Å². The van der Waals surface area contributed by atoms with Crippen molar-refractivity contribution < 1.29 is 4.74 Å². The first-order valence-electron chi connectivity index (χ1n) is 10.2. The Labute approximate surface area is 172 Å². The molecular weight excluding hydrogens is 368 g/mol. The fraction of sp³-hybridized carbons (Fsp3) is 0.500. The number of rotatable bonds is 8. The lowest BCUT2D eigenvalue weighted by atomic mass is 9.97. The lowest BCUT2D eigenvalue weighted by Gasteiger charge is -2.32. The van der Waals surface area contributed by atoms with Crippen molar-refractivity contribution in [1.82, 2.24) is 15.5 Å². The maximum absolute atomic E-state index is 5.70. The Hall–Kier alpha value is -2.05. The Morgan fingerprint density at radius 2 is 2.00 bits per heavy atom. The molecule has 152 valence electrons. The molecule has 2 heterocycles. The summed E-state index contributed by atoms with van der Waals surface area (Å²) in [6, 6.07) is 12.5. The third kappa shape index (κ3) is 6.24. The van der Waals surface area contributed by atoms with E-state index >= 15 is 0 Å². The number of aliphatic imine (C=N–C) groups is 1. The summed E-state index contributed by atoms with van der Waals surface area (Å²) in [6.07, 6.45) is 2.48. The van der Waals surface area contributed by atoms with Gasteiger partial charge < -0.3 is 15.4 Å². The Morgan fingerprint density at radius 1 is 1.18 bits per heavy atom. The van der Waals surface area contributed by atoms with Crippen LogP contribution >= 0.6 is 11.3 Å². The lowest BCUT2D eigenvalue weighted by molar-refractivity contribution is 0.179. The van der Waals surface area contributed by atoms with Gasteiger partial charge >= 0.3 is 0 Å². The number of guanidine groups is 1. The first-order chi connectivity index (χ1) is 13.8. The standard InChI is InChI=1S/C22H32N4OS/c1-3-27-21-9-5-4-7-19(21)16-25-22(23-2)24-15-18-10-12-26(13-11-18)17-20-8-6-14-28-20/h4-9,14,18H,3,10-13,15-17H2,1-2H3,(H2,23,24,25). The molecule has 6 heteroatoms. The number of likely N-dealkylation sites (tertiary alicyclic amines) is 1. The maximum atomic E-state index is 5.70. The second-order valence-corrected chi connectivity index (χ2v) is 8.18. The molecule has 0 spiro atoms. The van der Waals surface area contributed by atoms with Gasteiger partial charge in [0.2, 0.25) is 0 Å². The van der Waals surface area contributed by atoms with E-state index in [1.165, 1.54) is 30.8 Å². The fourth-order valence-electron chi connectivity index (χ4n) is 3.56. The van der Waals surface area contributed by atoms with E-state index in [2.05, 4.69) is 44.1 Å². The van der Waals surface area contributed by atoms with Gasteiger partial charge in [-0.1, -0.05) is 24.3 Å². The van der Waals surface area contributed by atoms with Gasteiger partial charge in [0.05, 0.1) is 6.61 Å². The SMILES string of the molecule is CCOc1ccccc1CNC(=NC)NCC1CCN(Cc2cccs2)CC1. The molecule has 1 fully saturated rings. The molecule has 1 aromatic heterocycles. The first-order valence-corrected chi connectivity index (χ1v) is 11.1. The highest BCUT2D eigenvalue weighted by Gasteiger charge is 2.19.